The lowest BCUT2D eigenvalue weighted by Crippen LogP contribution is -2.16. The number of allylic oxidation sites excluding steroid dienone is 9. The van der Waals surface area contributed by atoms with Crippen LogP contribution in [0.1, 0.15) is 101 Å². The topological polar surface area (TPSA) is 18.5 Å². The normalized spacial score (nSPS) is 13.6. The molecule has 0 saturated heterocycles. The lowest BCUT2D eigenvalue weighted by molar-refractivity contribution is -0.0943. The predicted molar refractivity (Wildman–Crippen MR) is 143 cm³/mol. The minimum Gasteiger partial charge on any atom is -0.345 e. The van der Waals surface area contributed by atoms with Gasteiger partial charge in [0.2, 0.25) is 0 Å². The highest BCUT2D eigenvalue weighted by molar-refractivity contribution is 5.06. The van der Waals surface area contributed by atoms with Crippen LogP contribution < -0.4 is 0 Å². The van der Waals surface area contributed by atoms with Crippen molar-refractivity contribution in [1.29, 1.82) is 0 Å². The van der Waals surface area contributed by atoms with Crippen LogP contribution in [0, 0.1) is 0 Å². The minimum absolute atomic E-state index is 0.314. The van der Waals surface area contributed by atoms with Gasteiger partial charge in [0.15, 0.2) is 6.29 Å². The fourth-order valence-electron chi connectivity index (χ4n) is 3.00. The van der Waals surface area contributed by atoms with Crippen molar-refractivity contribution in [2.24, 2.45) is 0 Å². The van der Waals surface area contributed by atoms with Crippen LogP contribution in [-0.2, 0) is 9.47 Å². The third-order valence-electron chi connectivity index (χ3n) is 5.08. The van der Waals surface area contributed by atoms with Crippen LogP contribution in [-0.4, -0.2) is 19.5 Å². The first-order valence-corrected chi connectivity index (χ1v) is 12.2. The highest BCUT2D eigenvalue weighted by atomic mass is 16.7. The molecule has 0 aliphatic heterocycles. The van der Waals surface area contributed by atoms with E-state index >= 15 is 0 Å². The fraction of sp³-hybridized carbons (Fsp3) is 0.600. The van der Waals surface area contributed by atoms with Crippen LogP contribution in [0.2, 0.25) is 0 Å². The van der Waals surface area contributed by atoms with Crippen LogP contribution in [0.4, 0.5) is 0 Å². The number of rotatable bonds is 16. The van der Waals surface area contributed by atoms with Crippen molar-refractivity contribution in [3.05, 3.63) is 69.9 Å². The molecule has 0 amide bonds. The van der Waals surface area contributed by atoms with E-state index in [1.54, 1.807) is 0 Å². The minimum atomic E-state index is -0.314. The second kappa shape index (κ2) is 18.9. The van der Waals surface area contributed by atoms with Crippen LogP contribution in [0.3, 0.4) is 0 Å². The van der Waals surface area contributed by atoms with Crippen molar-refractivity contribution in [3.8, 4) is 0 Å². The first kappa shape index (κ1) is 30.4. The predicted octanol–water partition coefficient (Wildman–Crippen LogP) is 9.42. The average molecular weight is 443 g/mol. The van der Waals surface area contributed by atoms with E-state index in [2.05, 4.69) is 98.8 Å². The molecule has 0 aromatic heterocycles. The Labute approximate surface area is 199 Å². The van der Waals surface area contributed by atoms with Gasteiger partial charge in [-0.15, -0.1) is 0 Å². The Morgan fingerprint density at radius 3 is 1.19 bits per heavy atom. The van der Waals surface area contributed by atoms with Gasteiger partial charge in [-0.3, -0.25) is 0 Å². The first-order valence-electron chi connectivity index (χ1n) is 12.2. The van der Waals surface area contributed by atoms with Gasteiger partial charge < -0.3 is 9.47 Å². The van der Waals surface area contributed by atoms with Crippen LogP contribution in [0.25, 0.3) is 0 Å². The van der Waals surface area contributed by atoms with E-state index in [4.69, 9.17) is 9.47 Å². The molecule has 0 aliphatic rings. The molecule has 0 unspecified atom stereocenters. The molecule has 0 aliphatic carbocycles. The Kier molecular flexibility index (Phi) is 17.9. The maximum atomic E-state index is 6.09. The highest BCUT2D eigenvalue weighted by Gasteiger charge is 2.06. The molecule has 0 aromatic carbocycles. The molecule has 0 radical (unpaired) electrons. The summed E-state index contributed by atoms with van der Waals surface area (Å²) in [5, 5.41) is 0. The lowest BCUT2D eigenvalue weighted by atomic mass is 10.1. The van der Waals surface area contributed by atoms with E-state index in [1.807, 2.05) is 0 Å². The number of hydrogen-bond donors (Lipinski definition) is 0. The van der Waals surface area contributed by atoms with Crippen LogP contribution >= 0.6 is 0 Å². The van der Waals surface area contributed by atoms with Gasteiger partial charge in [-0.05, 0) is 107 Å². The molecule has 0 aromatic rings. The summed E-state index contributed by atoms with van der Waals surface area (Å²) in [5.41, 5.74) is 8.15. The summed E-state index contributed by atoms with van der Waals surface area (Å²) in [5.74, 6) is 0. The van der Waals surface area contributed by atoms with Crippen molar-refractivity contribution in [2.75, 3.05) is 13.2 Å². The molecular weight excluding hydrogens is 392 g/mol. The summed E-state index contributed by atoms with van der Waals surface area (Å²) in [7, 11) is 0. The standard InChI is InChI=1S/C30H50O2/c1-24(2)13-10-16-27(7)19-21-31-30(23-29(9)18-12-15-26(5)6)32-22-20-28(8)17-11-14-25(3)4/h13-15,19-20,23,30H,10-12,16-18,21-22H2,1-9H3/b27-19-,28-20-,29-23+. The second-order valence-corrected chi connectivity index (χ2v) is 9.61. The Morgan fingerprint density at radius 1 is 0.500 bits per heavy atom. The smallest absolute Gasteiger partial charge is 0.177 e. The summed E-state index contributed by atoms with van der Waals surface area (Å²) in [6, 6.07) is 0. The summed E-state index contributed by atoms with van der Waals surface area (Å²) in [6.45, 7) is 20.6. The Morgan fingerprint density at radius 2 is 0.844 bits per heavy atom. The van der Waals surface area contributed by atoms with E-state index in [0.717, 1.165) is 38.5 Å². The van der Waals surface area contributed by atoms with E-state index in [0.29, 0.717) is 13.2 Å². The number of ether oxygens (including phenoxy) is 2. The molecule has 182 valence electrons. The van der Waals surface area contributed by atoms with E-state index in [9.17, 15) is 0 Å². The largest absolute Gasteiger partial charge is 0.345 e. The van der Waals surface area contributed by atoms with Gasteiger partial charge >= 0.3 is 0 Å². The van der Waals surface area contributed by atoms with Crippen molar-refractivity contribution in [3.63, 3.8) is 0 Å². The SMILES string of the molecule is CC(C)=CCC/C(C)=C\COC(/C=C(\C)CCC=C(C)C)OC/C=C(/C)CCC=C(C)C. The zero-order valence-electron chi connectivity index (χ0n) is 22.5. The second-order valence-electron chi connectivity index (χ2n) is 9.61. The van der Waals surface area contributed by atoms with Crippen molar-refractivity contribution >= 4 is 0 Å². The van der Waals surface area contributed by atoms with Crippen molar-refractivity contribution in [1.82, 2.24) is 0 Å². The maximum Gasteiger partial charge on any atom is 0.177 e. The number of hydrogen-bond acceptors (Lipinski definition) is 2. The quantitative estimate of drug-likeness (QED) is 0.175. The molecule has 0 saturated carbocycles. The van der Waals surface area contributed by atoms with E-state index in [1.165, 1.54) is 33.4 Å². The molecule has 0 heterocycles. The molecule has 0 atom stereocenters. The van der Waals surface area contributed by atoms with Gasteiger partial charge in [0.1, 0.15) is 0 Å². The van der Waals surface area contributed by atoms with Gasteiger partial charge in [0.05, 0.1) is 13.2 Å². The lowest BCUT2D eigenvalue weighted by Gasteiger charge is -2.15. The third kappa shape index (κ3) is 20.3. The Hall–Kier alpha value is -1.64. The van der Waals surface area contributed by atoms with Crippen LogP contribution in [0.15, 0.2) is 69.9 Å². The summed E-state index contributed by atoms with van der Waals surface area (Å²) in [4.78, 5) is 0. The van der Waals surface area contributed by atoms with Gasteiger partial charge in [0.25, 0.3) is 0 Å². The van der Waals surface area contributed by atoms with Gasteiger partial charge in [-0.1, -0.05) is 63.8 Å². The Balaban J connectivity index is 4.86. The summed E-state index contributed by atoms with van der Waals surface area (Å²) >= 11 is 0. The zero-order valence-corrected chi connectivity index (χ0v) is 22.5. The molecule has 0 N–H and O–H groups in total. The zero-order chi connectivity index (χ0) is 24.4. The molecule has 32 heavy (non-hydrogen) atoms. The highest BCUT2D eigenvalue weighted by Crippen LogP contribution is 2.13. The summed E-state index contributed by atoms with van der Waals surface area (Å²) in [6.07, 6.45) is 19.5. The molecule has 2 heteroatoms. The monoisotopic (exact) mass is 442 g/mol. The molecule has 0 spiro atoms. The van der Waals surface area contributed by atoms with Crippen molar-refractivity contribution in [2.45, 2.75) is 107 Å². The average Bonchev–Trinajstić information content (AvgIpc) is 2.66. The van der Waals surface area contributed by atoms with Gasteiger partial charge in [0, 0.05) is 0 Å². The first-order chi connectivity index (χ1) is 15.1. The van der Waals surface area contributed by atoms with E-state index in [-0.39, 0.29) is 6.29 Å². The van der Waals surface area contributed by atoms with Gasteiger partial charge in [-0.2, -0.15) is 0 Å². The molecule has 0 bridgehead atoms. The Bertz CT molecular complexity index is 644. The summed E-state index contributed by atoms with van der Waals surface area (Å²) < 4.78 is 12.2. The van der Waals surface area contributed by atoms with E-state index < -0.39 is 0 Å². The maximum absolute atomic E-state index is 6.09. The van der Waals surface area contributed by atoms with Crippen molar-refractivity contribution < 1.29 is 9.47 Å². The molecule has 2 nitrogen and oxygen atoms in total. The molecule has 0 rings (SSSR count). The van der Waals surface area contributed by atoms with Crippen LogP contribution in [0.5, 0.6) is 0 Å². The fourth-order valence-corrected chi connectivity index (χ4v) is 3.00. The molecular formula is C30H50O2. The van der Waals surface area contributed by atoms with Gasteiger partial charge in [-0.25, -0.2) is 0 Å². The third-order valence-corrected chi connectivity index (χ3v) is 5.08. The molecule has 0 fully saturated rings.